The second kappa shape index (κ2) is 4.84. The third-order valence-electron chi connectivity index (χ3n) is 0. The van der Waals surface area contributed by atoms with E-state index in [1.807, 2.05) is 0 Å². The largest absolute Gasteiger partial charge is 2.00 e. The van der Waals surface area contributed by atoms with Crippen LogP contribution in [0.5, 0.6) is 0 Å². The Kier molecular flexibility index (Phi) is 8.97. The van der Waals surface area contributed by atoms with Crippen molar-refractivity contribution in [1.29, 1.82) is 0 Å². The Labute approximate surface area is 52.5 Å². The maximum atomic E-state index is 8.67. The Morgan fingerprint density at radius 2 is 1.80 bits per heavy atom. The summed E-state index contributed by atoms with van der Waals surface area (Å²) in [5, 5.41) is 0. The fourth-order valence-electron chi connectivity index (χ4n) is 0. The molecule has 3 nitrogen and oxygen atoms in total. The molecule has 0 aromatic rings. The van der Waals surface area contributed by atoms with Gasteiger partial charge in [0.2, 0.25) is 0 Å². The van der Waals surface area contributed by atoms with Gasteiger partial charge >= 0.3 is 24.5 Å². The summed E-state index contributed by atoms with van der Waals surface area (Å²) in [5.41, 5.74) is 0. The Bertz CT molecular complexity index is 37.5. The molecule has 0 aromatic carbocycles. The van der Waals surface area contributed by atoms with Crippen LogP contribution in [0.15, 0.2) is 0 Å². The Hall–Kier alpha value is 0.836. The van der Waals surface area contributed by atoms with Crippen LogP contribution in [-0.2, 0) is 11.4 Å². The van der Waals surface area contributed by atoms with Gasteiger partial charge in [-0.1, -0.05) is 0 Å². The average molecular weight is 109 g/mol. The van der Waals surface area contributed by atoms with Crippen LogP contribution in [-0.4, -0.2) is 36.4 Å². The Balaban J connectivity index is -0.00000000750. The zero-order chi connectivity index (χ0) is 3.58. The molecular formula is H5MgO3S+. The van der Waals surface area contributed by atoms with Gasteiger partial charge in [-0.25, -0.2) is 0 Å². The minimum atomic E-state index is -2.61. The van der Waals surface area contributed by atoms with Gasteiger partial charge in [0.05, 0.1) is 0 Å². The van der Waals surface area contributed by atoms with Crippen LogP contribution in [0.3, 0.4) is 0 Å². The standard InChI is InChI=1S/Mg.H2O3S.2H/c;1-4(2)3;;/h;(H2,1,2,3);;/q+2;;2*-1/p+1. The molecule has 0 heterocycles. The first-order valence-electron chi connectivity index (χ1n) is 0.532. The minimum Gasteiger partial charge on any atom is -1.00 e. The van der Waals surface area contributed by atoms with E-state index in [-0.39, 0.29) is 27.3 Å². The summed E-state index contributed by atoms with van der Waals surface area (Å²) < 4.78 is 22.8. The molecule has 2 N–H and O–H groups in total. The molecule has 5 heavy (non-hydrogen) atoms. The van der Waals surface area contributed by atoms with Crippen molar-refractivity contribution < 1.29 is 17.6 Å². The van der Waals surface area contributed by atoms with Gasteiger partial charge in [0, 0.05) is 0 Å². The van der Waals surface area contributed by atoms with Gasteiger partial charge in [-0.2, -0.15) is 4.21 Å². The van der Waals surface area contributed by atoms with Crippen molar-refractivity contribution in [3.8, 4) is 0 Å². The zero-order valence-corrected chi connectivity index (χ0v) is 4.65. The van der Waals surface area contributed by atoms with Crippen molar-refractivity contribution in [3.05, 3.63) is 0 Å². The molecule has 0 aromatic heterocycles. The molecule has 0 aliphatic heterocycles. The third-order valence-corrected chi connectivity index (χ3v) is 0. The topological polar surface area (TPSA) is 57.5 Å². The van der Waals surface area contributed by atoms with Crippen molar-refractivity contribution in [2.75, 3.05) is 0 Å². The van der Waals surface area contributed by atoms with E-state index in [4.69, 9.17) is 13.3 Å². The first-order chi connectivity index (χ1) is 1.73. The second-order valence-corrected chi connectivity index (χ2v) is 0.692. The van der Waals surface area contributed by atoms with E-state index in [0.717, 1.165) is 0 Å². The van der Waals surface area contributed by atoms with Crippen molar-refractivity contribution in [1.82, 2.24) is 0 Å². The number of rotatable bonds is 0. The van der Waals surface area contributed by atoms with Gasteiger partial charge in [0.25, 0.3) is 11.4 Å². The summed E-state index contributed by atoms with van der Waals surface area (Å²) in [5.74, 6) is 0. The molecule has 0 unspecified atom stereocenters. The van der Waals surface area contributed by atoms with Crippen LogP contribution in [0.1, 0.15) is 4.28 Å². The molecule has 30 valence electrons. The molecule has 5 heteroatoms. The molecule has 0 atom stereocenters. The first-order valence-corrected chi connectivity index (χ1v) is 1.60. The molecule has 0 spiro atoms. The predicted octanol–water partition coefficient (Wildman–Crippen LogP) is -0.362. The van der Waals surface area contributed by atoms with Gasteiger partial charge in [0.15, 0.2) is 0 Å². The quantitative estimate of drug-likeness (QED) is 0.330. The van der Waals surface area contributed by atoms with E-state index < -0.39 is 11.4 Å². The van der Waals surface area contributed by atoms with E-state index in [1.54, 1.807) is 0 Å². The van der Waals surface area contributed by atoms with Gasteiger partial charge < -0.3 is 2.85 Å². The molecule has 0 rings (SSSR count). The van der Waals surface area contributed by atoms with Gasteiger partial charge in [0.1, 0.15) is 0 Å². The monoisotopic (exact) mass is 109 g/mol. The Morgan fingerprint density at radius 3 is 1.80 bits per heavy atom. The smallest absolute Gasteiger partial charge is 1.00 e. The number of hydrogen-bond donors (Lipinski definition) is 2. The average Bonchev–Trinajstić information content (AvgIpc) is 0.811. The van der Waals surface area contributed by atoms with E-state index in [9.17, 15) is 0 Å². The summed E-state index contributed by atoms with van der Waals surface area (Å²) in [4.78, 5) is 0. The SMILES string of the molecule is O=S(O)O.[H+].[H-].[H-].[Mg+2]. The van der Waals surface area contributed by atoms with Crippen molar-refractivity contribution in [2.24, 2.45) is 0 Å². The van der Waals surface area contributed by atoms with Crippen LogP contribution < -0.4 is 0 Å². The fraction of sp³-hybridized carbons (Fsp3) is 0. The van der Waals surface area contributed by atoms with E-state index in [1.165, 1.54) is 0 Å². The summed E-state index contributed by atoms with van der Waals surface area (Å²) in [6, 6.07) is 0. The molecule has 0 radical (unpaired) electrons. The van der Waals surface area contributed by atoms with Gasteiger partial charge in [-0.15, -0.1) is 0 Å². The molecule has 0 amide bonds. The molecular weight excluding hydrogens is 104 g/mol. The molecule has 0 aliphatic rings. The van der Waals surface area contributed by atoms with Crippen LogP contribution in [0.2, 0.25) is 0 Å². The summed E-state index contributed by atoms with van der Waals surface area (Å²) in [6.07, 6.45) is 0. The fourth-order valence-corrected chi connectivity index (χ4v) is 0. The van der Waals surface area contributed by atoms with Crippen LogP contribution in [0, 0.1) is 0 Å². The molecule has 0 bridgehead atoms. The third kappa shape index (κ3) is 55.6. The molecule has 0 saturated carbocycles. The van der Waals surface area contributed by atoms with E-state index in [2.05, 4.69) is 0 Å². The first kappa shape index (κ1) is 9.28. The van der Waals surface area contributed by atoms with Gasteiger partial charge in [-0.05, 0) is 0 Å². The normalized spacial score (nSPS) is 7.00. The van der Waals surface area contributed by atoms with Gasteiger partial charge in [-0.3, -0.25) is 9.11 Å². The van der Waals surface area contributed by atoms with E-state index >= 15 is 0 Å². The molecule has 0 saturated heterocycles. The molecule has 0 aliphatic carbocycles. The van der Waals surface area contributed by atoms with Crippen LogP contribution in [0.4, 0.5) is 0 Å². The maximum absolute atomic E-state index is 8.67. The van der Waals surface area contributed by atoms with Crippen LogP contribution >= 0.6 is 0 Å². The van der Waals surface area contributed by atoms with E-state index in [0.29, 0.717) is 0 Å². The summed E-state index contributed by atoms with van der Waals surface area (Å²) >= 11 is -2.61. The second-order valence-electron chi connectivity index (χ2n) is 0.231. The van der Waals surface area contributed by atoms with Crippen molar-refractivity contribution >= 4 is 34.4 Å². The number of hydrogen-bond acceptors (Lipinski definition) is 1. The maximum Gasteiger partial charge on any atom is 2.00 e. The predicted molar refractivity (Wildman–Crippen MR) is 22.5 cm³/mol. The Morgan fingerprint density at radius 1 is 1.80 bits per heavy atom. The van der Waals surface area contributed by atoms with Crippen molar-refractivity contribution in [2.45, 2.75) is 0 Å². The summed E-state index contributed by atoms with van der Waals surface area (Å²) in [7, 11) is 0. The van der Waals surface area contributed by atoms with Crippen molar-refractivity contribution in [3.63, 3.8) is 0 Å². The van der Waals surface area contributed by atoms with Crippen LogP contribution in [0.25, 0.3) is 0 Å². The zero-order valence-electron chi connectivity index (χ0n) is 5.42. The minimum absolute atomic E-state index is 0. The summed E-state index contributed by atoms with van der Waals surface area (Å²) in [6.45, 7) is 0. The molecule has 0 fully saturated rings.